The van der Waals surface area contributed by atoms with E-state index in [-0.39, 0.29) is 28.8 Å². The third kappa shape index (κ3) is 5.30. The highest BCUT2D eigenvalue weighted by molar-refractivity contribution is 7.90. The molecule has 5 rings (SSSR count). The van der Waals surface area contributed by atoms with Crippen molar-refractivity contribution in [1.82, 2.24) is 14.3 Å². The fourth-order valence-corrected chi connectivity index (χ4v) is 6.18. The first-order chi connectivity index (χ1) is 19.4. The summed E-state index contributed by atoms with van der Waals surface area (Å²) in [6.07, 6.45) is -0.594. The molecule has 0 spiro atoms. The first-order valence-corrected chi connectivity index (χ1v) is 14.1. The third-order valence-corrected chi connectivity index (χ3v) is 8.11. The van der Waals surface area contributed by atoms with Gasteiger partial charge in [0, 0.05) is 22.6 Å². The Balaban J connectivity index is 1.72. The molecule has 0 saturated heterocycles. The highest BCUT2D eigenvalue weighted by Crippen LogP contribution is 2.43. The molecule has 41 heavy (non-hydrogen) atoms. The third-order valence-electron chi connectivity index (χ3n) is 6.37. The number of ether oxygens (including phenoxy) is 4. The lowest BCUT2D eigenvalue weighted by Crippen LogP contribution is -2.35. The van der Waals surface area contributed by atoms with Gasteiger partial charge in [-0.15, -0.1) is 0 Å². The number of fused-ring (bicyclic) bond motifs is 3. The quantitative estimate of drug-likeness (QED) is 0.323. The predicted molar refractivity (Wildman–Crippen MR) is 150 cm³/mol. The van der Waals surface area contributed by atoms with Crippen LogP contribution in [0.3, 0.4) is 0 Å². The van der Waals surface area contributed by atoms with Crippen molar-refractivity contribution in [2.75, 3.05) is 20.8 Å². The molecule has 1 aliphatic heterocycles. The normalized spacial score (nSPS) is 14.7. The van der Waals surface area contributed by atoms with E-state index in [4.69, 9.17) is 18.9 Å². The van der Waals surface area contributed by atoms with Crippen LogP contribution in [0.25, 0.3) is 22.2 Å². The largest absolute Gasteiger partial charge is 0.490 e. The molecule has 2 aromatic heterocycles. The number of carbonyl (C=O) groups is 2. The van der Waals surface area contributed by atoms with Crippen LogP contribution >= 0.6 is 0 Å². The van der Waals surface area contributed by atoms with E-state index < -0.39 is 33.7 Å². The van der Waals surface area contributed by atoms with Crippen molar-refractivity contribution in [2.24, 2.45) is 0 Å². The molecular weight excluding hydrogens is 550 g/mol. The zero-order chi connectivity index (χ0) is 29.5. The van der Waals surface area contributed by atoms with Crippen molar-refractivity contribution in [2.45, 2.75) is 37.3 Å². The van der Waals surface area contributed by atoms with Crippen LogP contribution in [-0.4, -0.2) is 55.9 Å². The fraction of sp³-hybridized carbons (Fsp3) is 0.276. The van der Waals surface area contributed by atoms with Crippen molar-refractivity contribution in [1.29, 1.82) is 0 Å². The molecule has 3 heterocycles. The van der Waals surface area contributed by atoms with E-state index in [0.717, 1.165) is 0 Å². The summed E-state index contributed by atoms with van der Waals surface area (Å²) in [5, 5.41) is 3.32. The Hall–Kier alpha value is -4.58. The van der Waals surface area contributed by atoms with Crippen LogP contribution in [0.15, 0.2) is 65.6 Å². The fourth-order valence-electron chi connectivity index (χ4n) is 4.63. The van der Waals surface area contributed by atoms with Crippen LogP contribution in [0.5, 0.6) is 11.6 Å². The predicted octanol–water partition coefficient (Wildman–Crippen LogP) is 4.69. The second kappa shape index (κ2) is 10.4. The second-order valence-corrected chi connectivity index (χ2v) is 12.1. The molecule has 214 valence electrons. The summed E-state index contributed by atoms with van der Waals surface area (Å²) in [7, 11) is -1.52. The van der Waals surface area contributed by atoms with Crippen LogP contribution in [-0.2, 0) is 19.5 Å². The van der Waals surface area contributed by atoms with Crippen molar-refractivity contribution in [3.63, 3.8) is 0 Å². The molecule has 1 atom stereocenters. The molecule has 11 nitrogen and oxygen atoms in total. The van der Waals surface area contributed by atoms with Gasteiger partial charge in [0.25, 0.3) is 10.0 Å². The average molecular weight is 580 g/mol. The summed E-state index contributed by atoms with van der Waals surface area (Å²) in [5.74, 6) is -0.181. The summed E-state index contributed by atoms with van der Waals surface area (Å²) >= 11 is 0. The van der Waals surface area contributed by atoms with Crippen LogP contribution in [0, 0.1) is 0 Å². The molecule has 2 aromatic carbocycles. The number of pyridine rings is 1. The van der Waals surface area contributed by atoms with Gasteiger partial charge in [0.05, 0.1) is 36.4 Å². The Labute approximate surface area is 237 Å². The maximum atomic E-state index is 14.1. The molecule has 0 radical (unpaired) electrons. The van der Waals surface area contributed by atoms with Gasteiger partial charge in [0.1, 0.15) is 18.0 Å². The molecule has 0 bridgehead atoms. The zero-order valence-electron chi connectivity index (χ0n) is 23.1. The minimum Gasteiger partial charge on any atom is -0.490 e. The van der Waals surface area contributed by atoms with Crippen molar-refractivity contribution in [3.05, 3.63) is 71.9 Å². The zero-order valence-corrected chi connectivity index (χ0v) is 23.9. The standard InChI is InChI=1S/C29H29N3O8S/c1-29(2,3)40-28(34)31-22-16-39-26-19(22)11-12-23-20(26)15-24(32(23)41(35,36)18-9-7-6-8-10-18)17-13-21(27(33)38-5)30-25(14-17)37-4/h6-15,22H,16H2,1-5H3,(H,31,34). The van der Waals surface area contributed by atoms with Crippen LogP contribution in [0.4, 0.5) is 4.79 Å². The summed E-state index contributed by atoms with van der Waals surface area (Å²) in [5.41, 5.74) is 0.878. The first-order valence-electron chi connectivity index (χ1n) is 12.7. The van der Waals surface area contributed by atoms with Crippen molar-refractivity contribution >= 4 is 33.0 Å². The van der Waals surface area contributed by atoms with Gasteiger partial charge in [-0.2, -0.15) is 0 Å². The smallest absolute Gasteiger partial charge is 0.408 e. The minimum absolute atomic E-state index is 0.0566. The summed E-state index contributed by atoms with van der Waals surface area (Å²) in [6.45, 7) is 5.44. The monoisotopic (exact) mass is 579 g/mol. The molecular formula is C29H29N3O8S. The van der Waals surface area contributed by atoms with Crippen molar-refractivity contribution < 1.29 is 37.0 Å². The van der Waals surface area contributed by atoms with Gasteiger partial charge in [-0.1, -0.05) is 24.3 Å². The Kier molecular flexibility index (Phi) is 7.12. The van der Waals surface area contributed by atoms with Gasteiger partial charge in [0.15, 0.2) is 5.69 Å². The van der Waals surface area contributed by atoms with E-state index >= 15 is 0 Å². The Morgan fingerprint density at radius 2 is 1.78 bits per heavy atom. The Morgan fingerprint density at radius 3 is 2.44 bits per heavy atom. The van der Waals surface area contributed by atoms with Crippen LogP contribution < -0.4 is 14.8 Å². The molecule has 1 aliphatic rings. The Morgan fingerprint density at radius 1 is 1.05 bits per heavy atom. The number of hydrogen-bond acceptors (Lipinski definition) is 9. The number of esters is 1. The van der Waals surface area contributed by atoms with E-state index in [1.54, 1.807) is 57.2 Å². The van der Waals surface area contributed by atoms with E-state index in [0.29, 0.717) is 27.8 Å². The number of carbonyl (C=O) groups excluding carboxylic acids is 2. The summed E-state index contributed by atoms with van der Waals surface area (Å²) in [6, 6.07) is 15.5. The topological polar surface area (TPSA) is 135 Å². The Bertz CT molecular complexity index is 1760. The number of amides is 1. The lowest BCUT2D eigenvalue weighted by Gasteiger charge is -2.21. The maximum Gasteiger partial charge on any atom is 0.408 e. The average Bonchev–Trinajstić information content (AvgIpc) is 3.53. The van der Waals surface area contributed by atoms with E-state index in [1.807, 2.05) is 0 Å². The van der Waals surface area contributed by atoms with E-state index in [9.17, 15) is 18.0 Å². The molecule has 1 amide bonds. The first kappa shape index (κ1) is 28.0. The number of aromatic nitrogens is 2. The van der Waals surface area contributed by atoms with E-state index in [2.05, 4.69) is 10.3 Å². The summed E-state index contributed by atoms with van der Waals surface area (Å²) in [4.78, 5) is 29.0. The number of benzene rings is 2. The number of hydrogen-bond donors (Lipinski definition) is 1. The maximum absolute atomic E-state index is 14.1. The van der Waals surface area contributed by atoms with Gasteiger partial charge in [-0.3, -0.25) is 0 Å². The molecule has 1 unspecified atom stereocenters. The van der Waals surface area contributed by atoms with Gasteiger partial charge in [-0.05, 0) is 51.1 Å². The van der Waals surface area contributed by atoms with Gasteiger partial charge in [0.2, 0.25) is 5.88 Å². The van der Waals surface area contributed by atoms with Crippen LogP contribution in [0.1, 0.15) is 42.9 Å². The van der Waals surface area contributed by atoms with Crippen LogP contribution in [0.2, 0.25) is 0 Å². The SMILES string of the molecule is COC(=O)c1cc(-c2cc3c4c(ccc3n2S(=O)(=O)c2ccccc2)C(NC(=O)OC(C)(C)C)CO4)cc(OC)n1. The number of methoxy groups -OCH3 is 2. The lowest BCUT2D eigenvalue weighted by molar-refractivity contribution is 0.0496. The molecule has 0 aliphatic carbocycles. The van der Waals surface area contributed by atoms with Gasteiger partial charge < -0.3 is 24.3 Å². The van der Waals surface area contributed by atoms with Crippen molar-refractivity contribution in [3.8, 4) is 22.9 Å². The van der Waals surface area contributed by atoms with E-state index in [1.165, 1.54) is 42.5 Å². The second-order valence-electron chi connectivity index (χ2n) is 10.3. The molecule has 12 heteroatoms. The minimum atomic E-state index is -4.14. The van der Waals surface area contributed by atoms with Gasteiger partial charge >= 0.3 is 12.1 Å². The molecule has 0 fully saturated rings. The molecule has 1 N–H and O–H groups in total. The number of nitrogens with one attached hydrogen (secondary N) is 1. The summed E-state index contributed by atoms with van der Waals surface area (Å²) < 4.78 is 50.9. The highest BCUT2D eigenvalue weighted by Gasteiger charge is 2.33. The molecule has 4 aromatic rings. The number of rotatable bonds is 6. The lowest BCUT2D eigenvalue weighted by atomic mass is 10.1. The highest BCUT2D eigenvalue weighted by atomic mass is 32.2. The number of alkyl carbamates (subject to hydrolysis) is 1. The number of nitrogens with zero attached hydrogens (tertiary/aromatic N) is 2. The van der Waals surface area contributed by atoms with Gasteiger partial charge in [-0.25, -0.2) is 27.0 Å². The molecule has 0 saturated carbocycles.